The van der Waals surface area contributed by atoms with Crippen LogP contribution in [0.15, 0.2) is 85.1 Å². The number of aromatic amines is 1. The minimum atomic E-state index is 0.457. The lowest BCUT2D eigenvalue weighted by Crippen LogP contribution is -1.97. The molecule has 0 bridgehead atoms. The van der Waals surface area contributed by atoms with Gasteiger partial charge in [0.05, 0.1) is 17.1 Å². The molecular formula is C28H24N4O. The van der Waals surface area contributed by atoms with Crippen LogP contribution in [0.25, 0.3) is 35.2 Å². The van der Waals surface area contributed by atoms with Gasteiger partial charge in [0.1, 0.15) is 12.4 Å². The second-order valence-corrected chi connectivity index (χ2v) is 7.78. The Morgan fingerprint density at radius 2 is 1.73 bits per heavy atom. The first kappa shape index (κ1) is 20.5. The molecule has 0 radical (unpaired) electrons. The molecule has 0 aliphatic rings. The Balaban J connectivity index is 1.20. The molecule has 5 nitrogen and oxygen atoms in total. The summed E-state index contributed by atoms with van der Waals surface area (Å²) < 4.78 is 7.98. The molecule has 0 aliphatic carbocycles. The van der Waals surface area contributed by atoms with Crippen molar-refractivity contribution in [2.45, 2.75) is 6.61 Å². The van der Waals surface area contributed by atoms with Crippen LogP contribution >= 0.6 is 0 Å². The van der Waals surface area contributed by atoms with Gasteiger partial charge in [0.2, 0.25) is 0 Å². The van der Waals surface area contributed by atoms with Crippen LogP contribution in [0, 0.1) is 0 Å². The number of aromatic nitrogens is 4. The van der Waals surface area contributed by atoms with Crippen LogP contribution in [0.1, 0.15) is 28.3 Å². The van der Waals surface area contributed by atoms with E-state index in [0.29, 0.717) is 6.61 Å². The zero-order chi connectivity index (χ0) is 22.5. The first-order valence-electron chi connectivity index (χ1n) is 10.8. The van der Waals surface area contributed by atoms with E-state index < -0.39 is 0 Å². The summed E-state index contributed by atoms with van der Waals surface area (Å²) >= 11 is 0. The number of aryl methyl sites for hydroxylation is 1. The van der Waals surface area contributed by atoms with Crippen LogP contribution in [0.5, 0.6) is 5.75 Å². The molecule has 1 N–H and O–H groups in total. The van der Waals surface area contributed by atoms with Gasteiger partial charge in [-0.3, -0.25) is 10.1 Å². The van der Waals surface area contributed by atoms with Gasteiger partial charge in [0.25, 0.3) is 0 Å². The number of H-pyrrole nitrogens is 1. The highest BCUT2D eigenvalue weighted by atomic mass is 16.5. The minimum Gasteiger partial charge on any atom is -0.487 e. The number of para-hydroxylation sites is 1. The lowest BCUT2D eigenvalue weighted by atomic mass is 10.2. The zero-order valence-corrected chi connectivity index (χ0v) is 18.3. The van der Waals surface area contributed by atoms with Crippen molar-refractivity contribution in [3.05, 3.63) is 113 Å². The fourth-order valence-corrected chi connectivity index (χ4v) is 3.67. The SMILES string of the molecule is Cn1c(/C=C/c2cc(/C=C/c3ccc(OCc4ccccn4)cc3)n[nH]2)cc2ccccc21. The fraction of sp³-hybridized carbons (Fsp3) is 0.0714. The number of hydrogen-bond donors (Lipinski definition) is 1. The number of hydrogen-bond acceptors (Lipinski definition) is 3. The Hall–Kier alpha value is -4.38. The van der Waals surface area contributed by atoms with Crippen molar-refractivity contribution in [1.29, 1.82) is 0 Å². The van der Waals surface area contributed by atoms with Crippen molar-refractivity contribution in [3.8, 4) is 5.75 Å². The summed E-state index contributed by atoms with van der Waals surface area (Å²) in [5.41, 5.74) is 6.19. The fourth-order valence-electron chi connectivity index (χ4n) is 3.67. The van der Waals surface area contributed by atoms with Gasteiger partial charge < -0.3 is 9.30 Å². The van der Waals surface area contributed by atoms with E-state index in [4.69, 9.17) is 4.74 Å². The van der Waals surface area contributed by atoms with E-state index in [1.54, 1.807) is 6.20 Å². The molecule has 0 saturated carbocycles. The molecule has 0 unspecified atom stereocenters. The number of pyridine rings is 1. The Morgan fingerprint density at radius 1 is 0.879 bits per heavy atom. The van der Waals surface area contributed by atoms with Crippen molar-refractivity contribution < 1.29 is 4.74 Å². The van der Waals surface area contributed by atoms with Gasteiger partial charge in [-0.25, -0.2) is 0 Å². The number of rotatable bonds is 7. The average molecular weight is 433 g/mol. The Labute approximate surface area is 192 Å². The van der Waals surface area contributed by atoms with E-state index in [0.717, 1.165) is 34.1 Å². The quantitative estimate of drug-likeness (QED) is 0.332. The number of ether oxygens (including phenoxy) is 1. The van der Waals surface area contributed by atoms with Crippen molar-refractivity contribution in [3.63, 3.8) is 0 Å². The summed E-state index contributed by atoms with van der Waals surface area (Å²) in [5.74, 6) is 0.818. The Morgan fingerprint density at radius 3 is 2.55 bits per heavy atom. The molecule has 3 heterocycles. The molecule has 0 spiro atoms. The van der Waals surface area contributed by atoms with Crippen LogP contribution in [-0.2, 0) is 13.7 Å². The maximum atomic E-state index is 5.79. The van der Waals surface area contributed by atoms with E-state index in [1.165, 1.54) is 10.9 Å². The lowest BCUT2D eigenvalue weighted by Gasteiger charge is -2.05. The molecule has 0 saturated heterocycles. The van der Waals surface area contributed by atoms with Gasteiger partial charge in [-0.2, -0.15) is 5.10 Å². The molecule has 5 aromatic rings. The maximum Gasteiger partial charge on any atom is 0.130 e. The van der Waals surface area contributed by atoms with Crippen LogP contribution < -0.4 is 4.74 Å². The Bertz CT molecular complexity index is 1410. The lowest BCUT2D eigenvalue weighted by molar-refractivity contribution is 0.301. The normalized spacial score (nSPS) is 11.7. The predicted octanol–water partition coefficient (Wildman–Crippen LogP) is 6.22. The van der Waals surface area contributed by atoms with Crippen LogP contribution in [0.2, 0.25) is 0 Å². The highest BCUT2D eigenvalue weighted by Crippen LogP contribution is 2.20. The first-order chi connectivity index (χ1) is 16.2. The van der Waals surface area contributed by atoms with Gasteiger partial charge in [0, 0.05) is 29.8 Å². The third-order valence-corrected chi connectivity index (χ3v) is 5.48. The summed E-state index contributed by atoms with van der Waals surface area (Å²) in [7, 11) is 2.08. The van der Waals surface area contributed by atoms with Crippen molar-refractivity contribution >= 4 is 35.2 Å². The van der Waals surface area contributed by atoms with Gasteiger partial charge in [0.15, 0.2) is 0 Å². The molecule has 162 valence electrons. The van der Waals surface area contributed by atoms with Crippen molar-refractivity contribution in [2.75, 3.05) is 0 Å². The Kier molecular flexibility index (Phi) is 5.85. The monoisotopic (exact) mass is 432 g/mol. The molecule has 0 amide bonds. The molecule has 5 heteroatoms. The van der Waals surface area contributed by atoms with E-state index in [1.807, 2.05) is 66.8 Å². The number of nitrogens with one attached hydrogen (secondary N) is 1. The summed E-state index contributed by atoms with van der Waals surface area (Å²) in [6.07, 6.45) is 9.95. The van der Waals surface area contributed by atoms with E-state index >= 15 is 0 Å². The van der Waals surface area contributed by atoms with Gasteiger partial charge >= 0.3 is 0 Å². The largest absolute Gasteiger partial charge is 0.487 e. The second-order valence-electron chi connectivity index (χ2n) is 7.78. The molecule has 33 heavy (non-hydrogen) atoms. The third-order valence-electron chi connectivity index (χ3n) is 5.48. The van der Waals surface area contributed by atoms with Crippen molar-refractivity contribution in [2.24, 2.45) is 7.05 Å². The minimum absolute atomic E-state index is 0.457. The first-order valence-corrected chi connectivity index (χ1v) is 10.8. The standard InChI is InChI=1S/C28H24N4O/c1-32-26(18-22-6-2-3-8-28(22)32)14-13-24-19-23(30-31-24)12-9-21-10-15-27(16-11-21)33-20-25-7-4-5-17-29-25/h2-19H,20H2,1H3,(H,30,31)/b12-9+,14-13+. The average Bonchev–Trinajstić information content (AvgIpc) is 3.45. The summed E-state index contributed by atoms with van der Waals surface area (Å²) in [6, 6.07) is 26.4. The summed E-state index contributed by atoms with van der Waals surface area (Å²) in [4.78, 5) is 4.27. The van der Waals surface area contributed by atoms with E-state index in [9.17, 15) is 0 Å². The molecule has 2 aromatic carbocycles. The van der Waals surface area contributed by atoms with Crippen molar-refractivity contribution in [1.82, 2.24) is 19.7 Å². The van der Waals surface area contributed by atoms with Gasteiger partial charge in [-0.05, 0) is 66.3 Å². The predicted molar refractivity (Wildman–Crippen MR) is 134 cm³/mol. The molecule has 5 rings (SSSR count). The molecule has 3 aromatic heterocycles. The third kappa shape index (κ3) is 4.93. The van der Waals surface area contributed by atoms with Gasteiger partial charge in [-0.15, -0.1) is 0 Å². The van der Waals surface area contributed by atoms with Crippen LogP contribution in [0.4, 0.5) is 0 Å². The second kappa shape index (κ2) is 9.40. The highest BCUT2D eigenvalue weighted by Gasteiger charge is 2.02. The number of fused-ring (bicyclic) bond motifs is 1. The highest BCUT2D eigenvalue weighted by molar-refractivity contribution is 5.85. The summed E-state index contributed by atoms with van der Waals surface area (Å²) in [6.45, 7) is 0.457. The molecule has 0 atom stereocenters. The van der Waals surface area contributed by atoms with E-state index in [2.05, 4.69) is 63.2 Å². The van der Waals surface area contributed by atoms with Crippen LogP contribution in [0.3, 0.4) is 0 Å². The number of nitrogens with zero attached hydrogens (tertiary/aromatic N) is 3. The van der Waals surface area contributed by atoms with Crippen LogP contribution in [-0.4, -0.2) is 19.7 Å². The summed E-state index contributed by atoms with van der Waals surface area (Å²) in [5, 5.41) is 8.71. The zero-order valence-electron chi connectivity index (χ0n) is 18.3. The molecule has 0 fully saturated rings. The smallest absolute Gasteiger partial charge is 0.130 e. The maximum absolute atomic E-state index is 5.79. The molecular weight excluding hydrogens is 408 g/mol. The van der Waals surface area contributed by atoms with Gasteiger partial charge in [-0.1, -0.05) is 42.5 Å². The van der Waals surface area contributed by atoms with E-state index in [-0.39, 0.29) is 0 Å². The topological polar surface area (TPSA) is 55.7 Å². The molecule has 0 aliphatic heterocycles. The number of benzene rings is 2.